The summed E-state index contributed by atoms with van der Waals surface area (Å²) in [5, 5.41) is 11.0. The highest BCUT2D eigenvalue weighted by Gasteiger charge is 2.61. The molecule has 0 heterocycles. The average Bonchev–Trinajstić information content (AvgIpc) is 2.66. The summed E-state index contributed by atoms with van der Waals surface area (Å²) in [6.07, 6.45) is 0. The van der Waals surface area contributed by atoms with Gasteiger partial charge in [0.25, 0.3) is 0 Å². The third-order valence-electron chi connectivity index (χ3n) is 5.08. The largest absolute Gasteiger partial charge is 0.382 e. The summed E-state index contributed by atoms with van der Waals surface area (Å²) in [6, 6.07) is 19.9. The summed E-state index contributed by atoms with van der Waals surface area (Å²) in [4.78, 5) is 12.9. The van der Waals surface area contributed by atoms with Gasteiger partial charge in [-0.1, -0.05) is 74.5 Å². The van der Waals surface area contributed by atoms with E-state index in [9.17, 15) is 9.90 Å². The molecule has 1 aliphatic rings. The van der Waals surface area contributed by atoms with Gasteiger partial charge in [0.2, 0.25) is 0 Å². The Balaban J connectivity index is 2.21. The van der Waals surface area contributed by atoms with Gasteiger partial charge in [-0.3, -0.25) is 4.79 Å². The van der Waals surface area contributed by atoms with E-state index in [1.165, 1.54) is 0 Å². The lowest BCUT2D eigenvalue weighted by Gasteiger charge is -2.31. The summed E-state index contributed by atoms with van der Waals surface area (Å²) in [6.45, 7) is 5.56. The van der Waals surface area contributed by atoms with Gasteiger partial charge in [0.15, 0.2) is 5.78 Å². The monoisotopic (exact) mass is 294 g/mol. The number of hydrogen-bond acceptors (Lipinski definition) is 2. The molecule has 1 N–H and O–H groups in total. The molecule has 3 rings (SSSR count). The Kier molecular flexibility index (Phi) is 3.45. The van der Waals surface area contributed by atoms with Crippen molar-refractivity contribution in [1.82, 2.24) is 0 Å². The van der Waals surface area contributed by atoms with Crippen molar-refractivity contribution < 1.29 is 9.90 Å². The number of carbonyl (C=O) groups is 1. The highest BCUT2D eigenvalue weighted by atomic mass is 16.3. The molecular formula is C20H22O2. The third-order valence-corrected chi connectivity index (χ3v) is 5.08. The highest BCUT2D eigenvalue weighted by molar-refractivity contribution is 5.96. The van der Waals surface area contributed by atoms with Crippen LogP contribution >= 0.6 is 0 Å². The lowest BCUT2D eigenvalue weighted by molar-refractivity contribution is -0.138. The van der Waals surface area contributed by atoms with Crippen molar-refractivity contribution in [2.24, 2.45) is 5.41 Å². The molecule has 0 saturated heterocycles. The molecule has 3 atom stereocenters. The molecule has 22 heavy (non-hydrogen) atoms. The summed E-state index contributed by atoms with van der Waals surface area (Å²) < 4.78 is 0. The van der Waals surface area contributed by atoms with Gasteiger partial charge >= 0.3 is 0 Å². The first-order valence-electron chi connectivity index (χ1n) is 7.74. The Hall–Kier alpha value is -1.93. The first-order valence-corrected chi connectivity index (χ1v) is 7.74. The standard InChI is InChI=1S/C20H22O2/c1-19(2)16(14-10-6-4-7-11-14)17(20(3,22)18(19)21)15-12-8-5-9-13-15/h4-13,16-17,22H,1-3H3/t16-,17-,20+/m1/s1. The predicted octanol–water partition coefficient (Wildman–Crippen LogP) is 3.91. The van der Waals surface area contributed by atoms with Gasteiger partial charge in [0, 0.05) is 17.3 Å². The SMILES string of the molecule is CC1(C)C(=O)[C@@](C)(O)[C@H](c2ccccc2)[C@H]1c1ccccc1. The molecule has 0 aromatic heterocycles. The van der Waals surface area contributed by atoms with Crippen LogP contribution in [0, 0.1) is 5.41 Å². The molecule has 1 aliphatic carbocycles. The van der Waals surface area contributed by atoms with Crippen LogP contribution in [0.5, 0.6) is 0 Å². The zero-order valence-electron chi connectivity index (χ0n) is 13.3. The van der Waals surface area contributed by atoms with Crippen molar-refractivity contribution in [1.29, 1.82) is 0 Å². The lowest BCUT2D eigenvalue weighted by Crippen LogP contribution is -2.38. The first-order chi connectivity index (χ1) is 10.4. The molecule has 0 radical (unpaired) electrons. The van der Waals surface area contributed by atoms with Crippen LogP contribution in [0.15, 0.2) is 60.7 Å². The van der Waals surface area contributed by atoms with Gasteiger partial charge in [-0.25, -0.2) is 0 Å². The van der Waals surface area contributed by atoms with Crippen LogP contribution in [-0.4, -0.2) is 16.5 Å². The van der Waals surface area contributed by atoms with Crippen molar-refractivity contribution in [2.75, 3.05) is 0 Å². The molecule has 0 amide bonds. The van der Waals surface area contributed by atoms with Crippen molar-refractivity contribution in [3.63, 3.8) is 0 Å². The third kappa shape index (κ3) is 2.10. The number of benzene rings is 2. The predicted molar refractivity (Wildman–Crippen MR) is 87.8 cm³/mol. The molecule has 1 saturated carbocycles. The summed E-state index contributed by atoms with van der Waals surface area (Å²) in [5.74, 6) is -0.361. The van der Waals surface area contributed by atoms with Gasteiger partial charge in [-0.2, -0.15) is 0 Å². The van der Waals surface area contributed by atoms with Crippen LogP contribution in [0.25, 0.3) is 0 Å². The molecular weight excluding hydrogens is 272 g/mol. The molecule has 114 valence electrons. The summed E-state index contributed by atoms with van der Waals surface area (Å²) in [5.41, 5.74) is 0.157. The maximum absolute atomic E-state index is 12.9. The number of rotatable bonds is 2. The van der Waals surface area contributed by atoms with Crippen LogP contribution in [0.1, 0.15) is 43.7 Å². The van der Waals surface area contributed by atoms with Gasteiger partial charge in [0.05, 0.1) is 0 Å². The molecule has 2 aromatic rings. The minimum Gasteiger partial charge on any atom is -0.382 e. The van der Waals surface area contributed by atoms with Gasteiger partial charge < -0.3 is 5.11 Å². The highest BCUT2D eigenvalue weighted by Crippen LogP contribution is 2.58. The van der Waals surface area contributed by atoms with E-state index >= 15 is 0 Å². The summed E-state index contributed by atoms with van der Waals surface area (Å²) in [7, 11) is 0. The second kappa shape index (κ2) is 5.06. The van der Waals surface area contributed by atoms with E-state index in [1.807, 2.05) is 62.4 Å². The van der Waals surface area contributed by atoms with E-state index in [-0.39, 0.29) is 17.6 Å². The minimum atomic E-state index is -1.36. The maximum atomic E-state index is 12.9. The number of aliphatic hydroxyl groups is 1. The zero-order valence-corrected chi connectivity index (χ0v) is 13.3. The molecule has 0 bridgehead atoms. The quantitative estimate of drug-likeness (QED) is 0.911. The fourth-order valence-electron chi connectivity index (χ4n) is 4.12. The molecule has 0 spiro atoms. The number of ketones is 1. The number of carbonyl (C=O) groups excluding carboxylic acids is 1. The molecule has 2 nitrogen and oxygen atoms in total. The molecule has 0 unspecified atom stereocenters. The average molecular weight is 294 g/mol. The van der Waals surface area contributed by atoms with Crippen LogP contribution in [0.2, 0.25) is 0 Å². The molecule has 2 heteroatoms. The Morgan fingerprint density at radius 1 is 0.773 bits per heavy atom. The van der Waals surface area contributed by atoms with Crippen molar-refractivity contribution >= 4 is 5.78 Å². The van der Waals surface area contributed by atoms with Crippen LogP contribution < -0.4 is 0 Å². The Morgan fingerprint density at radius 2 is 1.18 bits per heavy atom. The van der Waals surface area contributed by atoms with Gasteiger partial charge in [-0.05, 0) is 18.1 Å². The van der Waals surface area contributed by atoms with E-state index in [0.29, 0.717) is 0 Å². The fraction of sp³-hybridized carbons (Fsp3) is 0.350. The lowest BCUT2D eigenvalue weighted by atomic mass is 9.72. The van der Waals surface area contributed by atoms with E-state index < -0.39 is 11.0 Å². The number of Topliss-reactive ketones (excluding diaryl/α,β-unsaturated/α-hetero) is 1. The molecule has 2 aromatic carbocycles. The van der Waals surface area contributed by atoms with Crippen molar-refractivity contribution in [3.8, 4) is 0 Å². The van der Waals surface area contributed by atoms with Gasteiger partial charge in [-0.15, -0.1) is 0 Å². The van der Waals surface area contributed by atoms with E-state index in [2.05, 4.69) is 12.1 Å². The first kappa shape index (κ1) is 15.0. The van der Waals surface area contributed by atoms with E-state index in [4.69, 9.17) is 0 Å². The topological polar surface area (TPSA) is 37.3 Å². The maximum Gasteiger partial charge on any atom is 0.170 e. The Labute approximate surface area is 131 Å². The minimum absolute atomic E-state index is 0.0430. The fourth-order valence-corrected chi connectivity index (χ4v) is 4.12. The zero-order chi connectivity index (χ0) is 16.0. The van der Waals surface area contributed by atoms with E-state index in [1.54, 1.807) is 6.92 Å². The number of hydrogen-bond donors (Lipinski definition) is 1. The normalized spacial score (nSPS) is 30.5. The molecule has 1 fully saturated rings. The van der Waals surface area contributed by atoms with Crippen molar-refractivity contribution in [2.45, 2.75) is 38.2 Å². The van der Waals surface area contributed by atoms with Gasteiger partial charge in [0.1, 0.15) is 5.60 Å². The Morgan fingerprint density at radius 3 is 1.64 bits per heavy atom. The van der Waals surface area contributed by atoms with Crippen LogP contribution in [-0.2, 0) is 4.79 Å². The second-order valence-corrected chi connectivity index (χ2v) is 6.98. The Bertz CT molecular complexity index is 612. The molecule has 0 aliphatic heterocycles. The van der Waals surface area contributed by atoms with Crippen LogP contribution in [0.3, 0.4) is 0 Å². The smallest absolute Gasteiger partial charge is 0.170 e. The van der Waals surface area contributed by atoms with E-state index in [0.717, 1.165) is 11.1 Å². The van der Waals surface area contributed by atoms with Crippen molar-refractivity contribution in [3.05, 3.63) is 71.8 Å². The van der Waals surface area contributed by atoms with Crippen LogP contribution in [0.4, 0.5) is 0 Å². The second-order valence-electron chi connectivity index (χ2n) is 6.98. The summed E-state index contributed by atoms with van der Waals surface area (Å²) >= 11 is 0.